The molecular formula is C17H24N4. The van der Waals surface area contributed by atoms with E-state index in [1.165, 1.54) is 11.1 Å². The van der Waals surface area contributed by atoms with Gasteiger partial charge in [0.25, 0.3) is 0 Å². The summed E-state index contributed by atoms with van der Waals surface area (Å²) in [4.78, 5) is 2.57. The molecule has 0 spiro atoms. The molecular weight excluding hydrogens is 260 g/mol. The van der Waals surface area contributed by atoms with Crippen molar-refractivity contribution in [1.29, 1.82) is 0 Å². The molecule has 112 valence electrons. The van der Waals surface area contributed by atoms with Gasteiger partial charge in [-0.2, -0.15) is 5.10 Å². The summed E-state index contributed by atoms with van der Waals surface area (Å²) < 4.78 is 2.00. The van der Waals surface area contributed by atoms with Gasteiger partial charge in [0.05, 0.1) is 11.7 Å². The first-order chi connectivity index (χ1) is 10.2. The molecule has 1 unspecified atom stereocenters. The Morgan fingerprint density at radius 3 is 2.81 bits per heavy atom. The minimum absolute atomic E-state index is 0.0355. The van der Waals surface area contributed by atoms with Gasteiger partial charge in [0, 0.05) is 44.5 Å². The van der Waals surface area contributed by atoms with Crippen LogP contribution in [0.2, 0.25) is 0 Å². The average Bonchev–Trinajstić information content (AvgIpc) is 2.98. The third kappa shape index (κ3) is 2.87. The van der Waals surface area contributed by atoms with Gasteiger partial charge in [-0.05, 0) is 19.4 Å². The van der Waals surface area contributed by atoms with E-state index >= 15 is 0 Å². The van der Waals surface area contributed by atoms with Crippen molar-refractivity contribution in [1.82, 2.24) is 20.0 Å². The van der Waals surface area contributed by atoms with E-state index in [4.69, 9.17) is 0 Å². The number of benzene rings is 1. The van der Waals surface area contributed by atoms with Crippen LogP contribution in [-0.4, -0.2) is 34.3 Å². The molecule has 0 bridgehead atoms. The third-order valence-corrected chi connectivity index (χ3v) is 4.51. The highest BCUT2D eigenvalue weighted by molar-refractivity contribution is 5.25. The molecule has 0 radical (unpaired) electrons. The highest BCUT2D eigenvalue weighted by Crippen LogP contribution is 2.30. The van der Waals surface area contributed by atoms with E-state index in [1.807, 2.05) is 10.9 Å². The summed E-state index contributed by atoms with van der Waals surface area (Å²) in [6.45, 7) is 9.42. The van der Waals surface area contributed by atoms with Crippen LogP contribution in [0.3, 0.4) is 0 Å². The maximum absolute atomic E-state index is 4.40. The standard InChI is InChI=1S/C17H24N4/c1-3-21-13-15(11-19-21)12-20-10-9-18-14-17(20,2)16-7-5-4-6-8-16/h4-8,11,13,18H,3,9-10,12,14H2,1-2H3. The fourth-order valence-electron chi connectivity index (χ4n) is 3.12. The normalized spacial score (nSPS) is 23.3. The monoisotopic (exact) mass is 284 g/mol. The van der Waals surface area contributed by atoms with Crippen LogP contribution in [0.5, 0.6) is 0 Å². The Labute approximate surface area is 126 Å². The quantitative estimate of drug-likeness (QED) is 0.934. The Balaban J connectivity index is 1.84. The predicted octanol–water partition coefficient (Wildman–Crippen LogP) is 2.22. The van der Waals surface area contributed by atoms with Crippen molar-refractivity contribution < 1.29 is 0 Å². The van der Waals surface area contributed by atoms with Crippen molar-refractivity contribution >= 4 is 0 Å². The molecule has 1 aromatic heterocycles. The molecule has 0 amide bonds. The van der Waals surface area contributed by atoms with E-state index in [0.717, 1.165) is 32.7 Å². The van der Waals surface area contributed by atoms with Gasteiger partial charge in [0.15, 0.2) is 0 Å². The topological polar surface area (TPSA) is 33.1 Å². The maximum Gasteiger partial charge on any atom is 0.0561 e. The van der Waals surface area contributed by atoms with Crippen molar-refractivity contribution in [3.63, 3.8) is 0 Å². The molecule has 4 heteroatoms. The van der Waals surface area contributed by atoms with E-state index in [9.17, 15) is 0 Å². The Kier molecular flexibility index (Phi) is 4.08. The SMILES string of the molecule is CCn1cc(CN2CCNCC2(C)c2ccccc2)cn1. The van der Waals surface area contributed by atoms with Crippen LogP contribution >= 0.6 is 0 Å². The number of hydrogen-bond donors (Lipinski definition) is 1. The van der Waals surface area contributed by atoms with Gasteiger partial charge in [-0.1, -0.05) is 30.3 Å². The van der Waals surface area contributed by atoms with Gasteiger partial charge in [0.1, 0.15) is 0 Å². The van der Waals surface area contributed by atoms with Gasteiger partial charge in [-0.25, -0.2) is 0 Å². The molecule has 1 aromatic carbocycles. The summed E-state index contributed by atoms with van der Waals surface area (Å²) in [6, 6.07) is 10.8. The zero-order valence-electron chi connectivity index (χ0n) is 12.9. The lowest BCUT2D eigenvalue weighted by atomic mass is 9.88. The lowest BCUT2D eigenvalue weighted by Crippen LogP contribution is -2.56. The molecule has 1 atom stereocenters. The van der Waals surface area contributed by atoms with Crippen molar-refractivity contribution in [3.8, 4) is 0 Å². The number of rotatable bonds is 4. The molecule has 21 heavy (non-hydrogen) atoms. The molecule has 2 heterocycles. The first-order valence-electron chi connectivity index (χ1n) is 7.75. The lowest BCUT2D eigenvalue weighted by molar-refractivity contribution is 0.0649. The number of aryl methyl sites for hydroxylation is 1. The number of piperazine rings is 1. The number of nitrogens with one attached hydrogen (secondary N) is 1. The van der Waals surface area contributed by atoms with Gasteiger partial charge < -0.3 is 5.32 Å². The van der Waals surface area contributed by atoms with Crippen LogP contribution in [0, 0.1) is 0 Å². The van der Waals surface area contributed by atoms with Crippen molar-refractivity contribution in [2.75, 3.05) is 19.6 Å². The van der Waals surface area contributed by atoms with E-state index in [2.05, 4.69) is 65.7 Å². The van der Waals surface area contributed by atoms with Crippen molar-refractivity contribution in [2.24, 2.45) is 0 Å². The molecule has 3 rings (SSSR count). The summed E-state index contributed by atoms with van der Waals surface area (Å²) >= 11 is 0. The Morgan fingerprint density at radius 1 is 1.29 bits per heavy atom. The Bertz CT molecular complexity index is 577. The fraction of sp³-hybridized carbons (Fsp3) is 0.471. The molecule has 1 saturated heterocycles. The summed E-state index contributed by atoms with van der Waals surface area (Å²) in [6.07, 6.45) is 4.16. The second kappa shape index (κ2) is 6.00. The van der Waals surface area contributed by atoms with E-state index < -0.39 is 0 Å². The van der Waals surface area contributed by atoms with Crippen LogP contribution in [0.15, 0.2) is 42.7 Å². The molecule has 0 aliphatic carbocycles. The highest BCUT2D eigenvalue weighted by atomic mass is 15.3. The van der Waals surface area contributed by atoms with Gasteiger partial charge in [0.2, 0.25) is 0 Å². The third-order valence-electron chi connectivity index (χ3n) is 4.51. The summed E-state index contributed by atoms with van der Waals surface area (Å²) in [7, 11) is 0. The number of aromatic nitrogens is 2. The first kappa shape index (κ1) is 14.3. The van der Waals surface area contributed by atoms with E-state index in [0.29, 0.717) is 0 Å². The average molecular weight is 284 g/mol. The summed E-state index contributed by atoms with van der Waals surface area (Å²) in [5, 5.41) is 7.94. The van der Waals surface area contributed by atoms with Crippen molar-refractivity contribution in [2.45, 2.75) is 32.5 Å². The van der Waals surface area contributed by atoms with Gasteiger partial charge in [-0.3, -0.25) is 9.58 Å². The van der Waals surface area contributed by atoms with Crippen LogP contribution < -0.4 is 5.32 Å². The number of nitrogens with zero attached hydrogens (tertiary/aromatic N) is 3. The molecule has 1 aliphatic rings. The molecule has 1 fully saturated rings. The van der Waals surface area contributed by atoms with Crippen LogP contribution in [-0.2, 0) is 18.6 Å². The van der Waals surface area contributed by atoms with Crippen LogP contribution in [0.4, 0.5) is 0 Å². The lowest BCUT2D eigenvalue weighted by Gasteiger charge is -2.45. The smallest absolute Gasteiger partial charge is 0.0561 e. The second-order valence-electron chi connectivity index (χ2n) is 5.94. The van der Waals surface area contributed by atoms with E-state index in [-0.39, 0.29) is 5.54 Å². The zero-order valence-corrected chi connectivity index (χ0v) is 12.9. The van der Waals surface area contributed by atoms with Gasteiger partial charge >= 0.3 is 0 Å². The Hall–Kier alpha value is -1.65. The fourth-order valence-corrected chi connectivity index (χ4v) is 3.12. The van der Waals surface area contributed by atoms with E-state index in [1.54, 1.807) is 0 Å². The summed E-state index contributed by atoms with van der Waals surface area (Å²) in [5.74, 6) is 0. The maximum atomic E-state index is 4.40. The number of hydrogen-bond acceptors (Lipinski definition) is 3. The van der Waals surface area contributed by atoms with Crippen molar-refractivity contribution in [3.05, 3.63) is 53.9 Å². The molecule has 1 aliphatic heterocycles. The highest BCUT2D eigenvalue weighted by Gasteiger charge is 2.35. The molecule has 4 nitrogen and oxygen atoms in total. The minimum atomic E-state index is 0.0355. The second-order valence-corrected chi connectivity index (χ2v) is 5.94. The van der Waals surface area contributed by atoms with Crippen LogP contribution in [0.25, 0.3) is 0 Å². The zero-order chi connectivity index (χ0) is 14.7. The largest absolute Gasteiger partial charge is 0.313 e. The summed E-state index contributed by atoms with van der Waals surface area (Å²) in [5.41, 5.74) is 2.70. The van der Waals surface area contributed by atoms with Gasteiger partial charge in [-0.15, -0.1) is 0 Å². The van der Waals surface area contributed by atoms with Crippen LogP contribution in [0.1, 0.15) is 25.0 Å². The first-order valence-corrected chi connectivity index (χ1v) is 7.75. The molecule has 0 saturated carbocycles. The Morgan fingerprint density at radius 2 is 2.10 bits per heavy atom. The predicted molar refractivity (Wildman–Crippen MR) is 85.0 cm³/mol. The minimum Gasteiger partial charge on any atom is -0.313 e. The molecule has 1 N–H and O–H groups in total. The molecule has 2 aromatic rings.